The molecule has 18 heavy (non-hydrogen) atoms. The smallest absolute Gasteiger partial charge is 0.239 e. The molecule has 0 aromatic carbocycles. The maximum atomic E-state index is 11.6. The van der Waals surface area contributed by atoms with E-state index in [2.05, 4.69) is 10.6 Å². The molecule has 1 fully saturated rings. The van der Waals surface area contributed by atoms with E-state index in [9.17, 15) is 9.59 Å². The van der Waals surface area contributed by atoms with Gasteiger partial charge in [-0.3, -0.25) is 9.59 Å². The number of carbonyl (C=O) groups is 2. The van der Waals surface area contributed by atoms with Crippen molar-refractivity contribution < 1.29 is 9.59 Å². The maximum Gasteiger partial charge on any atom is 0.239 e. The van der Waals surface area contributed by atoms with Crippen molar-refractivity contribution >= 4 is 11.8 Å². The normalized spacial score (nSPS) is 18.4. The highest BCUT2D eigenvalue weighted by Crippen LogP contribution is 2.17. The van der Waals surface area contributed by atoms with Crippen LogP contribution in [-0.2, 0) is 9.59 Å². The number of nitrogens with two attached hydrogens (primary N) is 1. The van der Waals surface area contributed by atoms with E-state index < -0.39 is 6.04 Å². The van der Waals surface area contributed by atoms with Crippen LogP contribution in [-0.4, -0.2) is 30.4 Å². The van der Waals surface area contributed by atoms with E-state index in [1.807, 2.05) is 13.8 Å². The Labute approximate surface area is 109 Å². The molecular weight excluding hydrogens is 230 g/mol. The fraction of sp³-hybridized carbons (Fsp3) is 0.846. The molecule has 5 nitrogen and oxygen atoms in total. The highest BCUT2D eigenvalue weighted by Gasteiger charge is 2.19. The van der Waals surface area contributed by atoms with Crippen molar-refractivity contribution in [1.29, 1.82) is 0 Å². The largest absolute Gasteiger partial charge is 0.352 e. The minimum atomic E-state index is -0.549. The molecule has 2 amide bonds. The molecule has 0 aromatic rings. The van der Waals surface area contributed by atoms with Gasteiger partial charge in [0.1, 0.15) is 0 Å². The predicted molar refractivity (Wildman–Crippen MR) is 70.8 cm³/mol. The van der Waals surface area contributed by atoms with E-state index in [-0.39, 0.29) is 30.3 Å². The molecule has 0 spiro atoms. The van der Waals surface area contributed by atoms with Gasteiger partial charge in [-0.15, -0.1) is 0 Å². The minimum absolute atomic E-state index is 0.0236. The van der Waals surface area contributed by atoms with Crippen LogP contribution in [0.25, 0.3) is 0 Å². The molecule has 1 atom stereocenters. The van der Waals surface area contributed by atoms with Gasteiger partial charge in [0, 0.05) is 6.04 Å². The third-order valence-corrected chi connectivity index (χ3v) is 3.41. The summed E-state index contributed by atoms with van der Waals surface area (Å²) in [5.74, 6) is -0.304. The summed E-state index contributed by atoms with van der Waals surface area (Å²) in [5.41, 5.74) is 5.69. The average molecular weight is 255 g/mol. The number of rotatable bonds is 5. The first-order valence-electron chi connectivity index (χ1n) is 6.83. The second kappa shape index (κ2) is 7.36. The molecule has 0 radical (unpaired) electrons. The van der Waals surface area contributed by atoms with Crippen molar-refractivity contribution in [2.24, 2.45) is 11.7 Å². The lowest BCUT2D eigenvalue weighted by molar-refractivity contribution is -0.127. The Morgan fingerprint density at radius 2 is 1.83 bits per heavy atom. The SMILES string of the molecule is CC(C)[C@H](N)C(=O)NCC(=O)NC1CCCCC1. The Kier molecular flexibility index (Phi) is 6.12. The van der Waals surface area contributed by atoms with Crippen LogP contribution in [0.15, 0.2) is 0 Å². The zero-order valence-electron chi connectivity index (χ0n) is 11.4. The second-order valence-corrected chi connectivity index (χ2v) is 5.39. The van der Waals surface area contributed by atoms with Crippen molar-refractivity contribution in [2.45, 2.75) is 58.0 Å². The van der Waals surface area contributed by atoms with Gasteiger partial charge in [0.2, 0.25) is 11.8 Å². The maximum absolute atomic E-state index is 11.6. The Hall–Kier alpha value is -1.10. The Bertz CT molecular complexity index is 286. The molecule has 0 heterocycles. The summed E-state index contributed by atoms with van der Waals surface area (Å²) in [6, 6.07) is -0.269. The quantitative estimate of drug-likeness (QED) is 0.670. The second-order valence-electron chi connectivity index (χ2n) is 5.39. The highest BCUT2D eigenvalue weighted by atomic mass is 16.2. The molecule has 0 saturated heterocycles. The van der Waals surface area contributed by atoms with Gasteiger partial charge < -0.3 is 16.4 Å². The van der Waals surface area contributed by atoms with Crippen LogP contribution in [0.2, 0.25) is 0 Å². The molecule has 4 N–H and O–H groups in total. The van der Waals surface area contributed by atoms with Crippen LogP contribution in [0.4, 0.5) is 0 Å². The first kappa shape index (κ1) is 15.0. The molecule has 0 aromatic heterocycles. The average Bonchev–Trinajstić information content (AvgIpc) is 2.36. The van der Waals surface area contributed by atoms with E-state index in [0.29, 0.717) is 0 Å². The molecule has 0 bridgehead atoms. The first-order valence-corrected chi connectivity index (χ1v) is 6.83. The van der Waals surface area contributed by atoms with Gasteiger partial charge in [-0.1, -0.05) is 33.1 Å². The van der Waals surface area contributed by atoms with Gasteiger partial charge in [-0.05, 0) is 18.8 Å². The van der Waals surface area contributed by atoms with Crippen molar-refractivity contribution in [3.8, 4) is 0 Å². The van der Waals surface area contributed by atoms with E-state index in [1.165, 1.54) is 19.3 Å². The van der Waals surface area contributed by atoms with Crippen LogP contribution in [0.1, 0.15) is 46.0 Å². The van der Waals surface area contributed by atoms with Gasteiger partial charge in [0.25, 0.3) is 0 Å². The summed E-state index contributed by atoms with van der Waals surface area (Å²) in [7, 11) is 0. The lowest BCUT2D eigenvalue weighted by Gasteiger charge is -2.23. The Morgan fingerprint density at radius 1 is 1.22 bits per heavy atom. The third-order valence-electron chi connectivity index (χ3n) is 3.41. The van der Waals surface area contributed by atoms with Gasteiger partial charge in [0.05, 0.1) is 12.6 Å². The van der Waals surface area contributed by atoms with Crippen LogP contribution < -0.4 is 16.4 Å². The van der Waals surface area contributed by atoms with Crippen LogP contribution >= 0.6 is 0 Å². The molecule has 1 rings (SSSR count). The number of hydrogen-bond acceptors (Lipinski definition) is 3. The minimum Gasteiger partial charge on any atom is -0.352 e. The third kappa shape index (κ3) is 5.04. The molecule has 1 aliphatic rings. The van der Waals surface area contributed by atoms with E-state index in [4.69, 9.17) is 5.73 Å². The fourth-order valence-corrected chi connectivity index (χ4v) is 2.11. The van der Waals surface area contributed by atoms with E-state index >= 15 is 0 Å². The van der Waals surface area contributed by atoms with Crippen molar-refractivity contribution in [3.63, 3.8) is 0 Å². The van der Waals surface area contributed by atoms with Crippen LogP contribution in [0.5, 0.6) is 0 Å². The highest BCUT2D eigenvalue weighted by molar-refractivity contribution is 5.87. The number of amides is 2. The van der Waals surface area contributed by atoms with E-state index in [1.54, 1.807) is 0 Å². The molecular formula is C13H25N3O2. The standard InChI is InChI=1S/C13H25N3O2/c1-9(2)12(14)13(18)15-8-11(17)16-10-6-4-3-5-7-10/h9-10,12H,3-8,14H2,1-2H3,(H,15,18)(H,16,17)/t12-/m0/s1. The van der Waals surface area contributed by atoms with Crippen molar-refractivity contribution in [3.05, 3.63) is 0 Å². The summed E-state index contributed by atoms with van der Waals surface area (Å²) in [4.78, 5) is 23.2. The zero-order valence-corrected chi connectivity index (χ0v) is 11.4. The molecule has 0 unspecified atom stereocenters. The first-order chi connectivity index (χ1) is 8.50. The van der Waals surface area contributed by atoms with Crippen LogP contribution in [0.3, 0.4) is 0 Å². The van der Waals surface area contributed by atoms with Crippen molar-refractivity contribution in [1.82, 2.24) is 10.6 Å². The Morgan fingerprint density at radius 3 is 2.39 bits per heavy atom. The molecule has 0 aliphatic heterocycles. The van der Waals surface area contributed by atoms with Gasteiger partial charge >= 0.3 is 0 Å². The molecule has 104 valence electrons. The summed E-state index contributed by atoms with van der Waals surface area (Å²) < 4.78 is 0. The van der Waals surface area contributed by atoms with Gasteiger partial charge in [0.15, 0.2) is 0 Å². The fourth-order valence-electron chi connectivity index (χ4n) is 2.11. The summed E-state index contributed by atoms with van der Waals surface area (Å²) in [6.07, 6.45) is 5.70. The zero-order chi connectivity index (χ0) is 13.5. The molecule has 5 heteroatoms. The number of hydrogen-bond donors (Lipinski definition) is 3. The monoisotopic (exact) mass is 255 g/mol. The molecule has 1 aliphatic carbocycles. The predicted octanol–water partition coefficient (Wildman–Crippen LogP) is 0.535. The lowest BCUT2D eigenvalue weighted by atomic mass is 9.95. The summed E-state index contributed by atoms with van der Waals surface area (Å²) >= 11 is 0. The number of carbonyl (C=O) groups excluding carboxylic acids is 2. The lowest BCUT2D eigenvalue weighted by Crippen LogP contribution is -2.48. The summed E-state index contributed by atoms with van der Waals surface area (Å²) in [6.45, 7) is 3.79. The van der Waals surface area contributed by atoms with Crippen LogP contribution in [0, 0.1) is 5.92 Å². The van der Waals surface area contributed by atoms with E-state index in [0.717, 1.165) is 12.8 Å². The molecule has 1 saturated carbocycles. The topological polar surface area (TPSA) is 84.2 Å². The van der Waals surface area contributed by atoms with Gasteiger partial charge in [-0.25, -0.2) is 0 Å². The van der Waals surface area contributed by atoms with Gasteiger partial charge in [-0.2, -0.15) is 0 Å². The Balaban J connectivity index is 2.22. The van der Waals surface area contributed by atoms with Crippen molar-refractivity contribution in [2.75, 3.05) is 6.54 Å². The summed E-state index contributed by atoms with van der Waals surface area (Å²) in [5, 5.41) is 5.53. The number of nitrogens with one attached hydrogen (secondary N) is 2.